The highest BCUT2D eigenvalue weighted by atomic mass is 19.4. The zero-order valence-electron chi connectivity index (χ0n) is 16.5. The van der Waals surface area contributed by atoms with Gasteiger partial charge in [0, 0.05) is 0 Å². The number of hydrogen-bond donors (Lipinski definition) is 0. The van der Waals surface area contributed by atoms with Crippen LogP contribution in [0.4, 0.5) is 26.3 Å². The van der Waals surface area contributed by atoms with Gasteiger partial charge in [-0.1, -0.05) is 70.2 Å². The number of halogens is 6. The highest BCUT2D eigenvalue weighted by Crippen LogP contribution is 2.48. The Kier molecular flexibility index (Phi) is 7.86. The molecule has 0 nitrogen and oxygen atoms in total. The van der Waals surface area contributed by atoms with Gasteiger partial charge in [0.05, 0.1) is 11.8 Å². The Morgan fingerprint density at radius 1 is 0.929 bits per heavy atom. The summed E-state index contributed by atoms with van der Waals surface area (Å²) in [6.07, 6.45) is -3.72. The molecule has 1 aromatic carbocycles. The van der Waals surface area contributed by atoms with E-state index in [1.54, 1.807) is 6.92 Å². The summed E-state index contributed by atoms with van der Waals surface area (Å²) in [5.41, 5.74) is -0.0625. The van der Waals surface area contributed by atoms with Crippen molar-refractivity contribution in [2.45, 2.75) is 89.4 Å². The molecule has 6 heteroatoms. The van der Waals surface area contributed by atoms with Crippen LogP contribution in [0.3, 0.4) is 0 Å². The van der Waals surface area contributed by atoms with E-state index in [9.17, 15) is 26.3 Å². The average Bonchev–Trinajstić information content (AvgIpc) is 2.59. The quantitative estimate of drug-likeness (QED) is 0.397. The maximum atomic E-state index is 13.9. The molecular weight excluding hydrogens is 378 g/mol. The molecule has 0 aromatic heterocycles. The van der Waals surface area contributed by atoms with Crippen molar-refractivity contribution in [1.29, 1.82) is 0 Å². The van der Waals surface area contributed by atoms with Crippen LogP contribution in [-0.2, 0) is 0 Å². The van der Waals surface area contributed by atoms with E-state index in [1.165, 1.54) is 24.3 Å². The predicted molar refractivity (Wildman–Crippen MR) is 99.3 cm³/mol. The highest BCUT2D eigenvalue weighted by molar-refractivity contribution is 5.31. The van der Waals surface area contributed by atoms with Gasteiger partial charge in [-0.2, -0.15) is 26.3 Å². The molecule has 0 saturated heterocycles. The minimum Gasteiger partial charge on any atom is -0.170 e. The van der Waals surface area contributed by atoms with Crippen LogP contribution in [0.2, 0.25) is 0 Å². The summed E-state index contributed by atoms with van der Waals surface area (Å²) in [7, 11) is 0. The molecule has 0 spiro atoms. The van der Waals surface area contributed by atoms with Crippen molar-refractivity contribution in [3.8, 4) is 0 Å². The standard InChI is InChI=1S/C22H30F6/c1-3-4-9-15(2)19(21(23,24)25)17-12-8-13-18(14-17)20(22(26,27)28)16-10-6-5-7-11-16/h8,12-16,19-20H,3-7,9-11H2,1-2H3. The van der Waals surface area contributed by atoms with Crippen LogP contribution >= 0.6 is 0 Å². The first kappa shape index (κ1) is 23.1. The van der Waals surface area contributed by atoms with E-state index in [4.69, 9.17) is 0 Å². The summed E-state index contributed by atoms with van der Waals surface area (Å²) in [5.74, 6) is -4.65. The molecule has 0 N–H and O–H groups in total. The normalized spacial score (nSPS) is 20.0. The molecule has 0 bridgehead atoms. The monoisotopic (exact) mass is 408 g/mol. The second-order valence-electron chi connectivity index (χ2n) is 8.23. The van der Waals surface area contributed by atoms with Gasteiger partial charge in [-0.15, -0.1) is 0 Å². The third-order valence-corrected chi connectivity index (χ3v) is 6.04. The molecule has 2 rings (SSSR count). The van der Waals surface area contributed by atoms with Crippen molar-refractivity contribution in [2.75, 3.05) is 0 Å². The van der Waals surface area contributed by atoms with Crippen molar-refractivity contribution in [3.63, 3.8) is 0 Å². The minimum atomic E-state index is -4.48. The first-order valence-corrected chi connectivity index (χ1v) is 10.3. The lowest BCUT2D eigenvalue weighted by molar-refractivity contribution is -0.165. The number of unbranched alkanes of at least 4 members (excludes halogenated alkanes) is 1. The molecule has 1 saturated carbocycles. The molecule has 1 fully saturated rings. The fourth-order valence-corrected chi connectivity index (χ4v) is 4.67. The van der Waals surface area contributed by atoms with Gasteiger partial charge in [-0.25, -0.2) is 0 Å². The van der Waals surface area contributed by atoms with Gasteiger partial charge in [0.25, 0.3) is 0 Å². The first-order valence-electron chi connectivity index (χ1n) is 10.3. The lowest BCUT2D eigenvalue weighted by Crippen LogP contribution is -2.30. The number of hydrogen-bond acceptors (Lipinski definition) is 0. The van der Waals surface area contributed by atoms with Crippen LogP contribution in [0, 0.1) is 11.8 Å². The average molecular weight is 408 g/mol. The molecule has 28 heavy (non-hydrogen) atoms. The third kappa shape index (κ3) is 5.90. The van der Waals surface area contributed by atoms with Crippen molar-refractivity contribution in [3.05, 3.63) is 35.4 Å². The van der Waals surface area contributed by atoms with E-state index in [1.807, 2.05) is 6.92 Å². The smallest absolute Gasteiger partial charge is 0.170 e. The summed E-state index contributed by atoms with van der Waals surface area (Å²) >= 11 is 0. The highest BCUT2D eigenvalue weighted by Gasteiger charge is 2.47. The van der Waals surface area contributed by atoms with Crippen LogP contribution in [0.25, 0.3) is 0 Å². The van der Waals surface area contributed by atoms with Crippen molar-refractivity contribution in [2.24, 2.45) is 11.8 Å². The largest absolute Gasteiger partial charge is 0.396 e. The molecular formula is C22H30F6. The zero-order valence-corrected chi connectivity index (χ0v) is 16.5. The Morgan fingerprint density at radius 2 is 1.54 bits per heavy atom. The minimum absolute atomic E-state index is 0.0196. The van der Waals surface area contributed by atoms with E-state index in [0.29, 0.717) is 25.7 Å². The van der Waals surface area contributed by atoms with Crippen molar-refractivity contribution >= 4 is 0 Å². The SMILES string of the molecule is CCCCC(C)C(c1cccc(C(C2CCCCC2)C(F)(F)F)c1)C(F)(F)F. The van der Waals surface area contributed by atoms with Crippen molar-refractivity contribution in [1.82, 2.24) is 0 Å². The molecule has 0 aliphatic heterocycles. The summed E-state index contributed by atoms with van der Waals surface area (Å²) < 4.78 is 82.9. The summed E-state index contributed by atoms with van der Waals surface area (Å²) in [6.45, 7) is 3.46. The molecule has 1 aromatic rings. The lowest BCUT2D eigenvalue weighted by atomic mass is 9.75. The van der Waals surface area contributed by atoms with Gasteiger partial charge in [-0.3, -0.25) is 0 Å². The fraction of sp³-hybridized carbons (Fsp3) is 0.727. The summed E-state index contributed by atoms with van der Waals surface area (Å²) in [5, 5.41) is 0. The van der Waals surface area contributed by atoms with Gasteiger partial charge < -0.3 is 0 Å². The van der Waals surface area contributed by atoms with Gasteiger partial charge in [0.1, 0.15) is 0 Å². The molecule has 1 aliphatic carbocycles. The first-order chi connectivity index (χ1) is 13.1. The van der Waals surface area contributed by atoms with E-state index in [-0.39, 0.29) is 11.1 Å². The van der Waals surface area contributed by atoms with E-state index in [0.717, 1.165) is 25.7 Å². The maximum absolute atomic E-state index is 13.9. The van der Waals surface area contributed by atoms with Gasteiger partial charge in [-0.05, 0) is 42.2 Å². The predicted octanol–water partition coefficient (Wildman–Crippen LogP) is 8.39. The topological polar surface area (TPSA) is 0 Å². The van der Waals surface area contributed by atoms with Gasteiger partial charge >= 0.3 is 12.4 Å². The summed E-state index contributed by atoms with van der Waals surface area (Å²) in [4.78, 5) is 0. The van der Waals surface area contributed by atoms with Gasteiger partial charge in [0.2, 0.25) is 0 Å². The van der Waals surface area contributed by atoms with Crippen LogP contribution < -0.4 is 0 Å². The Hall–Kier alpha value is -1.20. The summed E-state index contributed by atoms with van der Waals surface area (Å²) in [6, 6.07) is 5.21. The molecule has 0 heterocycles. The van der Waals surface area contributed by atoms with Crippen LogP contribution in [0.5, 0.6) is 0 Å². The molecule has 0 amide bonds. The third-order valence-electron chi connectivity index (χ3n) is 6.04. The maximum Gasteiger partial charge on any atom is 0.396 e. The Balaban J connectivity index is 2.40. The van der Waals surface area contributed by atoms with Crippen molar-refractivity contribution < 1.29 is 26.3 Å². The van der Waals surface area contributed by atoms with Crippen LogP contribution in [0.15, 0.2) is 24.3 Å². The molecule has 160 valence electrons. The second kappa shape index (κ2) is 9.53. The Bertz CT molecular complexity index is 598. The van der Waals surface area contributed by atoms with Crippen LogP contribution in [-0.4, -0.2) is 12.4 Å². The van der Waals surface area contributed by atoms with Crippen LogP contribution in [0.1, 0.15) is 88.2 Å². The lowest BCUT2D eigenvalue weighted by Gasteiger charge is -2.33. The Morgan fingerprint density at radius 3 is 2.07 bits per heavy atom. The van der Waals surface area contributed by atoms with E-state index in [2.05, 4.69) is 0 Å². The number of alkyl halides is 6. The van der Waals surface area contributed by atoms with Gasteiger partial charge in [0.15, 0.2) is 0 Å². The second-order valence-corrected chi connectivity index (χ2v) is 8.23. The number of rotatable bonds is 7. The molecule has 0 radical (unpaired) electrons. The Labute approximate surface area is 163 Å². The zero-order chi connectivity index (χ0) is 20.9. The molecule has 1 aliphatic rings. The van der Waals surface area contributed by atoms with E-state index < -0.39 is 36.0 Å². The molecule has 3 unspecified atom stereocenters. The van der Waals surface area contributed by atoms with E-state index >= 15 is 0 Å². The molecule has 3 atom stereocenters. The number of benzene rings is 1. The fourth-order valence-electron chi connectivity index (χ4n) is 4.67.